The van der Waals surface area contributed by atoms with E-state index in [0.717, 1.165) is 23.0 Å². The molecule has 7 heteroatoms. The van der Waals surface area contributed by atoms with Crippen LogP contribution in [0.25, 0.3) is 0 Å². The van der Waals surface area contributed by atoms with Gasteiger partial charge in [0.05, 0.1) is 5.75 Å². The molecule has 1 heterocycles. The Hall–Kier alpha value is -1.24. The standard InChI is InChI=1S/C8H15N3O3S/c1-2-3-4-5-15(13,14)11-7(9)6-8(12)10-11/h6H,2-5,9H2,1H3,(H,10,12). The molecular weight excluding hydrogens is 218 g/mol. The minimum atomic E-state index is -3.51. The molecule has 0 atom stereocenters. The normalized spacial score (nSPS) is 11.8. The molecule has 0 aliphatic heterocycles. The van der Waals surface area contributed by atoms with Crippen molar-refractivity contribution in [2.45, 2.75) is 26.2 Å². The number of aromatic amines is 1. The van der Waals surface area contributed by atoms with Gasteiger partial charge in [-0.3, -0.25) is 4.79 Å². The Labute approximate surface area is 88.1 Å². The van der Waals surface area contributed by atoms with E-state index < -0.39 is 15.6 Å². The van der Waals surface area contributed by atoms with Crippen LogP contribution in [0.4, 0.5) is 5.82 Å². The Bertz CT molecular complexity index is 472. The number of hydrogen-bond donors (Lipinski definition) is 2. The molecule has 15 heavy (non-hydrogen) atoms. The van der Waals surface area contributed by atoms with E-state index in [4.69, 9.17) is 5.73 Å². The van der Waals surface area contributed by atoms with Crippen LogP contribution in [-0.2, 0) is 10.0 Å². The predicted octanol–water partition coefficient (Wildman–Crippen LogP) is 0.127. The maximum Gasteiger partial charge on any atom is 0.267 e. The summed E-state index contributed by atoms with van der Waals surface area (Å²) in [5, 5.41) is 2.16. The number of hydrogen-bond acceptors (Lipinski definition) is 4. The van der Waals surface area contributed by atoms with Crippen LogP contribution >= 0.6 is 0 Å². The average Bonchev–Trinajstić information content (AvgIpc) is 2.46. The fourth-order valence-electron chi connectivity index (χ4n) is 1.25. The number of nitrogen functional groups attached to an aromatic ring is 1. The topological polar surface area (TPSA) is 98.0 Å². The molecule has 0 radical (unpaired) electrons. The molecule has 3 N–H and O–H groups in total. The molecule has 0 saturated carbocycles. The molecule has 6 nitrogen and oxygen atoms in total. The first kappa shape index (κ1) is 11.8. The summed E-state index contributed by atoms with van der Waals surface area (Å²) < 4.78 is 24.0. The van der Waals surface area contributed by atoms with Crippen molar-refractivity contribution in [1.29, 1.82) is 0 Å². The molecule has 0 aliphatic rings. The van der Waals surface area contributed by atoms with Gasteiger partial charge in [-0.15, -0.1) is 0 Å². The van der Waals surface area contributed by atoms with Crippen LogP contribution in [0.1, 0.15) is 26.2 Å². The van der Waals surface area contributed by atoms with Crippen LogP contribution in [0.3, 0.4) is 0 Å². The average molecular weight is 233 g/mol. The number of nitrogens with two attached hydrogens (primary N) is 1. The highest BCUT2D eigenvalue weighted by molar-refractivity contribution is 7.89. The number of nitrogens with one attached hydrogen (secondary N) is 1. The monoisotopic (exact) mass is 233 g/mol. The van der Waals surface area contributed by atoms with Crippen molar-refractivity contribution in [3.63, 3.8) is 0 Å². The molecule has 1 aromatic rings. The third-order valence-corrected chi connectivity index (χ3v) is 3.67. The lowest BCUT2D eigenvalue weighted by Crippen LogP contribution is -2.21. The predicted molar refractivity (Wildman–Crippen MR) is 58.2 cm³/mol. The van der Waals surface area contributed by atoms with Gasteiger partial charge in [0.2, 0.25) is 0 Å². The summed E-state index contributed by atoms with van der Waals surface area (Å²) in [5.41, 5.74) is 4.88. The largest absolute Gasteiger partial charge is 0.383 e. The highest BCUT2D eigenvalue weighted by atomic mass is 32.2. The second-order valence-electron chi connectivity index (χ2n) is 3.33. The first-order valence-corrected chi connectivity index (χ1v) is 6.39. The Balaban J connectivity index is 2.87. The van der Waals surface area contributed by atoms with Gasteiger partial charge in [0.1, 0.15) is 5.82 Å². The third kappa shape index (κ3) is 2.85. The zero-order chi connectivity index (χ0) is 11.5. The van der Waals surface area contributed by atoms with E-state index in [1.807, 2.05) is 6.92 Å². The quantitative estimate of drug-likeness (QED) is 0.706. The fourth-order valence-corrected chi connectivity index (χ4v) is 2.60. The fraction of sp³-hybridized carbons (Fsp3) is 0.625. The van der Waals surface area contributed by atoms with E-state index in [1.54, 1.807) is 0 Å². The van der Waals surface area contributed by atoms with E-state index in [1.165, 1.54) is 0 Å². The lowest BCUT2D eigenvalue weighted by atomic mass is 10.3. The molecule has 86 valence electrons. The molecule has 0 saturated heterocycles. The Morgan fingerprint density at radius 2 is 2.13 bits per heavy atom. The maximum absolute atomic E-state index is 11.7. The number of nitrogens with zero attached hydrogens (tertiary/aromatic N) is 1. The number of unbranched alkanes of at least 4 members (excludes halogenated alkanes) is 2. The zero-order valence-corrected chi connectivity index (χ0v) is 9.38. The minimum absolute atomic E-state index is 0.00431. The SMILES string of the molecule is CCCCCS(=O)(=O)n1[nH]c(=O)cc1N. The molecule has 1 aromatic heterocycles. The molecular formula is C8H15N3O3S. The van der Waals surface area contributed by atoms with Crippen molar-refractivity contribution < 1.29 is 8.42 Å². The van der Waals surface area contributed by atoms with Gasteiger partial charge in [0.15, 0.2) is 0 Å². The van der Waals surface area contributed by atoms with Crippen LogP contribution in [0.5, 0.6) is 0 Å². The highest BCUT2D eigenvalue weighted by Crippen LogP contribution is 2.06. The van der Waals surface area contributed by atoms with Crippen LogP contribution < -0.4 is 11.3 Å². The summed E-state index contributed by atoms with van der Waals surface area (Å²) in [6.07, 6.45) is 2.34. The number of aromatic nitrogens is 2. The van der Waals surface area contributed by atoms with Crippen molar-refractivity contribution in [2.75, 3.05) is 11.5 Å². The van der Waals surface area contributed by atoms with Crippen molar-refractivity contribution in [2.24, 2.45) is 0 Å². The number of rotatable bonds is 5. The molecule has 1 rings (SSSR count). The number of H-pyrrole nitrogens is 1. The Morgan fingerprint density at radius 1 is 1.47 bits per heavy atom. The molecule has 0 spiro atoms. The van der Waals surface area contributed by atoms with Gasteiger partial charge >= 0.3 is 0 Å². The highest BCUT2D eigenvalue weighted by Gasteiger charge is 2.16. The summed E-state index contributed by atoms with van der Waals surface area (Å²) in [4.78, 5) is 10.9. The molecule has 0 aliphatic carbocycles. The summed E-state index contributed by atoms with van der Waals surface area (Å²) in [6, 6.07) is 1.05. The zero-order valence-electron chi connectivity index (χ0n) is 8.56. The van der Waals surface area contributed by atoms with E-state index in [0.29, 0.717) is 6.42 Å². The van der Waals surface area contributed by atoms with Gasteiger partial charge in [0.25, 0.3) is 15.6 Å². The second-order valence-corrected chi connectivity index (χ2v) is 5.27. The lowest BCUT2D eigenvalue weighted by Gasteiger charge is -2.05. The summed E-state index contributed by atoms with van der Waals surface area (Å²) in [7, 11) is -3.51. The molecule has 0 fully saturated rings. The van der Waals surface area contributed by atoms with Gasteiger partial charge in [-0.25, -0.2) is 13.5 Å². The van der Waals surface area contributed by atoms with Gasteiger partial charge in [0, 0.05) is 6.07 Å². The summed E-state index contributed by atoms with van der Waals surface area (Å²) in [5.74, 6) is -0.0770. The minimum Gasteiger partial charge on any atom is -0.383 e. The molecule has 0 bridgehead atoms. The van der Waals surface area contributed by atoms with E-state index >= 15 is 0 Å². The molecule has 0 unspecified atom stereocenters. The van der Waals surface area contributed by atoms with Gasteiger partial charge in [-0.2, -0.15) is 4.09 Å². The van der Waals surface area contributed by atoms with Crippen LogP contribution in [0.2, 0.25) is 0 Å². The summed E-state index contributed by atoms with van der Waals surface area (Å²) >= 11 is 0. The molecule has 0 amide bonds. The number of anilines is 1. The van der Waals surface area contributed by atoms with Crippen molar-refractivity contribution >= 4 is 15.8 Å². The van der Waals surface area contributed by atoms with Crippen molar-refractivity contribution in [3.05, 3.63) is 16.4 Å². The Kier molecular flexibility index (Phi) is 3.57. The smallest absolute Gasteiger partial charge is 0.267 e. The van der Waals surface area contributed by atoms with Crippen LogP contribution in [0.15, 0.2) is 10.9 Å². The molecule has 0 aromatic carbocycles. The van der Waals surface area contributed by atoms with Gasteiger partial charge < -0.3 is 5.73 Å². The Morgan fingerprint density at radius 3 is 2.60 bits per heavy atom. The van der Waals surface area contributed by atoms with E-state index in [-0.39, 0.29) is 11.6 Å². The van der Waals surface area contributed by atoms with E-state index in [2.05, 4.69) is 5.10 Å². The summed E-state index contributed by atoms with van der Waals surface area (Å²) in [6.45, 7) is 1.98. The maximum atomic E-state index is 11.7. The van der Waals surface area contributed by atoms with Crippen LogP contribution in [-0.4, -0.2) is 23.4 Å². The van der Waals surface area contributed by atoms with E-state index in [9.17, 15) is 13.2 Å². The van der Waals surface area contributed by atoms with Gasteiger partial charge in [-0.1, -0.05) is 19.8 Å². The van der Waals surface area contributed by atoms with Crippen molar-refractivity contribution in [1.82, 2.24) is 9.19 Å². The first-order valence-electron chi connectivity index (χ1n) is 4.78. The lowest BCUT2D eigenvalue weighted by molar-refractivity contribution is 0.575. The second kappa shape index (κ2) is 4.52. The first-order chi connectivity index (χ1) is 6.97. The van der Waals surface area contributed by atoms with Crippen LogP contribution in [0, 0.1) is 0 Å². The third-order valence-electron chi connectivity index (χ3n) is 2.01. The van der Waals surface area contributed by atoms with Gasteiger partial charge in [-0.05, 0) is 6.42 Å². The van der Waals surface area contributed by atoms with Crippen molar-refractivity contribution in [3.8, 4) is 0 Å².